The molecule has 1 atom stereocenters. The minimum Gasteiger partial charge on any atom is -0.477 e. The van der Waals surface area contributed by atoms with E-state index in [-0.39, 0.29) is 29.6 Å². The minimum atomic E-state index is -1.35. The molecule has 1 aromatic carbocycles. The molecular weight excluding hydrogens is 425 g/mol. The maximum Gasteiger partial charge on any atom is 0.341 e. The third-order valence-corrected chi connectivity index (χ3v) is 6.49. The van der Waals surface area contributed by atoms with Crippen LogP contribution in [0.4, 0.5) is 15.2 Å². The third kappa shape index (κ3) is 3.16. The summed E-state index contributed by atoms with van der Waals surface area (Å²) in [5.41, 5.74) is 0.458. The van der Waals surface area contributed by atoms with Gasteiger partial charge in [-0.05, 0) is 19.4 Å². The number of carboxylic acids is 1. The molecule has 11 heteroatoms. The topological polar surface area (TPSA) is 99.9 Å². The number of nitrogens with one attached hydrogen (secondary N) is 1. The van der Waals surface area contributed by atoms with Crippen molar-refractivity contribution in [1.29, 1.82) is 0 Å². The molecule has 2 N–H and O–H groups in total. The molecule has 0 saturated carbocycles. The highest BCUT2D eigenvalue weighted by Crippen LogP contribution is 2.41. The number of hydrogen-bond donors (Lipinski definition) is 2. The summed E-state index contributed by atoms with van der Waals surface area (Å²) >= 11 is 1.53. The Morgan fingerprint density at radius 2 is 2.26 bits per heavy atom. The van der Waals surface area contributed by atoms with E-state index in [0.29, 0.717) is 18.6 Å². The lowest BCUT2D eigenvalue weighted by atomic mass is 10.1. The molecule has 1 saturated heterocycles. The first-order chi connectivity index (χ1) is 14.8. The van der Waals surface area contributed by atoms with Crippen molar-refractivity contribution in [3.8, 4) is 5.75 Å². The van der Waals surface area contributed by atoms with E-state index in [2.05, 4.69) is 10.3 Å². The maximum atomic E-state index is 15.3. The SMILES string of the molecule is Cc1csc(NC2CCN(c3c(F)cc4c(=O)c(C(=O)O)cn5c4c3OCN5C)C2)n1. The highest BCUT2D eigenvalue weighted by atomic mass is 32.1. The van der Waals surface area contributed by atoms with Crippen molar-refractivity contribution in [2.45, 2.75) is 19.4 Å². The first-order valence-corrected chi connectivity index (χ1v) is 10.6. The Bertz CT molecular complexity index is 1270. The van der Waals surface area contributed by atoms with Gasteiger partial charge < -0.3 is 20.1 Å². The van der Waals surface area contributed by atoms with Crippen molar-refractivity contribution < 1.29 is 19.0 Å². The average molecular weight is 445 g/mol. The van der Waals surface area contributed by atoms with Crippen molar-refractivity contribution >= 4 is 39.0 Å². The van der Waals surface area contributed by atoms with Gasteiger partial charge in [-0.15, -0.1) is 11.3 Å². The van der Waals surface area contributed by atoms with Crippen LogP contribution in [0.1, 0.15) is 22.5 Å². The summed E-state index contributed by atoms with van der Waals surface area (Å²) in [6.07, 6.45) is 2.06. The first kappa shape index (κ1) is 19.6. The Hall–Kier alpha value is -3.34. The van der Waals surface area contributed by atoms with Crippen molar-refractivity contribution in [2.24, 2.45) is 0 Å². The number of aromatic carboxylic acids is 1. The van der Waals surface area contributed by atoms with Crippen LogP contribution in [0, 0.1) is 12.7 Å². The number of carbonyl (C=O) groups is 1. The molecule has 3 aromatic rings. The van der Waals surface area contributed by atoms with E-state index in [0.717, 1.165) is 23.3 Å². The van der Waals surface area contributed by atoms with Crippen LogP contribution in [0.5, 0.6) is 5.75 Å². The quantitative estimate of drug-likeness (QED) is 0.631. The predicted molar refractivity (Wildman–Crippen MR) is 116 cm³/mol. The highest BCUT2D eigenvalue weighted by Gasteiger charge is 2.32. The molecule has 1 fully saturated rings. The number of rotatable bonds is 4. The van der Waals surface area contributed by atoms with Crippen LogP contribution in [-0.4, -0.2) is 53.6 Å². The van der Waals surface area contributed by atoms with Gasteiger partial charge in [0.2, 0.25) is 5.43 Å². The fraction of sp³-hybridized carbons (Fsp3) is 0.350. The van der Waals surface area contributed by atoms with E-state index < -0.39 is 22.8 Å². The van der Waals surface area contributed by atoms with Gasteiger partial charge in [0.1, 0.15) is 16.8 Å². The summed E-state index contributed by atoms with van der Waals surface area (Å²) in [6, 6.07) is 1.21. The molecule has 0 radical (unpaired) electrons. The molecule has 162 valence electrons. The van der Waals surface area contributed by atoms with E-state index in [1.165, 1.54) is 17.5 Å². The first-order valence-electron chi connectivity index (χ1n) is 9.76. The van der Waals surface area contributed by atoms with Gasteiger partial charge >= 0.3 is 5.97 Å². The number of nitrogens with zero attached hydrogens (tertiary/aromatic N) is 4. The van der Waals surface area contributed by atoms with Crippen LogP contribution in [-0.2, 0) is 0 Å². The Labute approximate surface area is 180 Å². The lowest BCUT2D eigenvalue weighted by Gasteiger charge is -2.33. The molecule has 9 nitrogen and oxygen atoms in total. The molecule has 31 heavy (non-hydrogen) atoms. The zero-order valence-electron chi connectivity index (χ0n) is 16.9. The summed E-state index contributed by atoms with van der Waals surface area (Å²) < 4.78 is 22.7. The second kappa shape index (κ2) is 7.12. The second-order valence-electron chi connectivity index (χ2n) is 7.75. The number of halogens is 1. The number of benzene rings is 1. The maximum absolute atomic E-state index is 15.3. The number of carboxylic acid groups (broad SMARTS) is 1. The number of thiazole rings is 1. The molecular formula is C20H20FN5O4S. The van der Waals surface area contributed by atoms with Crippen LogP contribution >= 0.6 is 11.3 Å². The molecule has 4 heterocycles. The lowest BCUT2D eigenvalue weighted by molar-refractivity contribution is 0.0694. The number of ether oxygens (including phenoxy) is 1. The van der Waals surface area contributed by atoms with Gasteiger partial charge in [0.25, 0.3) is 0 Å². The van der Waals surface area contributed by atoms with Crippen LogP contribution in [0.15, 0.2) is 22.4 Å². The Kier molecular flexibility index (Phi) is 4.50. The Morgan fingerprint density at radius 1 is 1.45 bits per heavy atom. The van der Waals surface area contributed by atoms with Crippen molar-refractivity contribution in [3.63, 3.8) is 0 Å². The second-order valence-corrected chi connectivity index (χ2v) is 8.61. The molecule has 0 bridgehead atoms. The Balaban J connectivity index is 1.58. The summed E-state index contributed by atoms with van der Waals surface area (Å²) in [5.74, 6) is -1.70. The van der Waals surface area contributed by atoms with Crippen LogP contribution in [0.25, 0.3) is 10.9 Å². The largest absolute Gasteiger partial charge is 0.477 e. The molecule has 1 unspecified atom stereocenters. The minimum absolute atomic E-state index is 0.0187. The van der Waals surface area contributed by atoms with Crippen molar-refractivity contribution in [1.82, 2.24) is 9.66 Å². The molecule has 5 rings (SSSR count). The normalized spacial score (nSPS) is 17.8. The molecule has 2 aliphatic heterocycles. The summed E-state index contributed by atoms with van der Waals surface area (Å²) in [4.78, 5) is 30.5. The van der Waals surface area contributed by atoms with E-state index in [1.54, 1.807) is 16.7 Å². The summed E-state index contributed by atoms with van der Waals surface area (Å²) in [5, 5.41) is 17.2. The lowest BCUT2D eigenvalue weighted by Crippen LogP contribution is -2.40. The van der Waals surface area contributed by atoms with Crippen LogP contribution < -0.4 is 25.4 Å². The molecule has 0 spiro atoms. The van der Waals surface area contributed by atoms with Gasteiger partial charge in [0, 0.05) is 37.8 Å². The number of hydrogen-bond acceptors (Lipinski definition) is 8. The fourth-order valence-corrected chi connectivity index (χ4v) is 4.91. The standard InChI is InChI=1S/C20H20FN5O4S/c1-10-8-31-20(22-10)23-11-3-4-25(6-11)16-14(21)5-12-15-18(16)30-9-24(2)26(15)7-13(17(12)27)19(28)29/h5,7-8,11H,3-4,6,9H2,1-2H3,(H,22,23)(H,28,29). The molecule has 0 amide bonds. The molecule has 2 aromatic heterocycles. The predicted octanol–water partition coefficient (Wildman–Crippen LogP) is 2.21. The summed E-state index contributed by atoms with van der Waals surface area (Å²) in [6.45, 7) is 3.18. The fourth-order valence-electron chi connectivity index (χ4n) is 4.15. The third-order valence-electron chi connectivity index (χ3n) is 5.60. The van der Waals surface area contributed by atoms with Gasteiger partial charge in [-0.1, -0.05) is 0 Å². The smallest absolute Gasteiger partial charge is 0.341 e. The van der Waals surface area contributed by atoms with Crippen LogP contribution in [0.3, 0.4) is 0 Å². The van der Waals surface area contributed by atoms with Crippen LogP contribution in [0.2, 0.25) is 0 Å². The monoisotopic (exact) mass is 445 g/mol. The van der Waals surface area contributed by atoms with Gasteiger partial charge in [-0.25, -0.2) is 14.2 Å². The van der Waals surface area contributed by atoms with Gasteiger partial charge in [0.15, 0.2) is 23.4 Å². The zero-order chi connectivity index (χ0) is 21.9. The zero-order valence-corrected chi connectivity index (χ0v) is 17.7. The van der Waals surface area contributed by atoms with E-state index >= 15 is 4.39 Å². The summed E-state index contributed by atoms with van der Waals surface area (Å²) in [7, 11) is 1.70. The van der Waals surface area contributed by atoms with E-state index in [4.69, 9.17) is 4.74 Å². The Morgan fingerprint density at radius 3 is 2.97 bits per heavy atom. The van der Waals surface area contributed by atoms with Gasteiger partial charge in [-0.3, -0.25) is 14.5 Å². The molecule has 0 aliphatic carbocycles. The van der Waals surface area contributed by atoms with Crippen molar-refractivity contribution in [2.75, 3.05) is 42.1 Å². The number of pyridine rings is 1. The average Bonchev–Trinajstić information content (AvgIpc) is 3.34. The van der Waals surface area contributed by atoms with Gasteiger partial charge in [-0.2, -0.15) is 0 Å². The van der Waals surface area contributed by atoms with E-state index in [9.17, 15) is 14.7 Å². The van der Waals surface area contributed by atoms with Crippen molar-refractivity contribution in [3.05, 3.63) is 44.9 Å². The number of aryl methyl sites for hydroxylation is 1. The highest BCUT2D eigenvalue weighted by molar-refractivity contribution is 7.13. The molecule has 2 aliphatic rings. The number of anilines is 2. The number of aromatic nitrogens is 2. The van der Waals surface area contributed by atoms with E-state index in [1.807, 2.05) is 17.2 Å². The van der Waals surface area contributed by atoms with Gasteiger partial charge in [0.05, 0.1) is 11.1 Å².